The maximum Gasteiger partial charge on any atom is 0.0576 e. The van der Waals surface area contributed by atoms with Crippen LogP contribution in [0.3, 0.4) is 0 Å². The van der Waals surface area contributed by atoms with Crippen LogP contribution in [0.1, 0.15) is 43.4 Å². The molecule has 3 nitrogen and oxygen atoms in total. The first kappa shape index (κ1) is 15.4. The SMILES string of the molecule is CC1(C)CC(c2ccncc2N)=CC(N2Cc3ccccc3C2)C1. The molecule has 4 rings (SSSR count). The van der Waals surface area contributed by atoms with Crippen LogP contribution in [0.15, 0.2) is 48.8 Å². The van der Waals surface area contributed by atoms with Gasteiger partial charge in [-0.05, 0) is 41.0 Å². The van der Waals surface area contributed by atoms with Crippen molar-refractivity contribution in [2.75, 3.05) is 5.73 Å². The van der Waals surface area contributed by atoms with Gasteiger partial charge in [0.15, 0.2) is 0 Å². The van der Waals surface area contributed by atoms with Crippen molar-refractivity contribution in [3.05, 3.63) is 65.5 Å². The minimum Gasteiger partial charge on any atom is -0.397 e. The normalized spacial score (nSPS) is 22.9. The fourth-order valence-corrected chi connectivity index (χ4v) is 4.22. The lowest BCUT2D eigenvalue weighted by Crippen LogP contribution is -2.36. The number of anilines is 1. The van der Waals surface area contributed by atoms with E-state index in [0.717, 1.165) is 30.8 Å². The van der Waals surface area contributed by atoms with Gasteiger partial charge in [-0.3, -0.25) is 9.88 Å². The summed E-state index contributed by atoms with van der Waals surface area (Å²) in [5.41, 5.74) is 12.7. The summed E-state index contributed by atoms with van der Waals surface area (Å²) in [4.78, 5) is 6.74. The van der Waals surface area contributed by atoms with Crippen molar-refractivity contribution in [3.8, 4) is 0 Å². The highest BCUT2D eigenvalue weighted by molar-refractivity contribution is 5.75. The largest absolute Gasteiger partial charge is 0.397 e. The van der Waals surface area contributed by atoms with Gasteiger partial charge in [0, 0.05) is 30.9 Å². The zero-order valence-electron chi connectivity index (χ0n) is 14.5. The van der Waals surface area contributed by atoms with Gasteiger partial charge in [0.05, 0.1) is 11.9 Å². The Hall–Kier alpha value is -2.13. The van der Waals surface area contributed by atoms with Crippen LogP contribution in [0.4, 0.5) is 5.69 Å². The molecular formula is C21H25N3. The number of fused-ring (bicyclic) bond motifs is 1. The van der Waals surface area contributed by atoms with E-state index in [0.29, 0.717) is 6.04 Å². The molecule has 0 saturated heterocycles. The van der Waals surface area contributed by atoms with E-state index in [1.807, 2.05) is 6.20 Å². The third kappa shape index (κ3) is 2.84. The van der Waals surface area contributed by atoms with Crippen molar-refractivity contribution < 1.29 is 0 Å². The summed E-state index contributed by atoms with van der Waals surface area (Å²) in [5, 5.41) is 0. The molecule has 2 heterocycles. The van der Waals surface area contributed by atoms with Crippen molar-refractivity contribution in [2.45, 2.75) is 45.8 Å². The van der Waals surface area contributed by atoms with Gasteiger partial charge < -0.3 is 5.73 Å². The molecule has 1 aliphatic heterocycles. The summed E-state index contributed by atoms with van der Waals surface area (Å²) >= 11 is 0. The van der Waals surface area contributed by atoms with Crippen LogP contribution in [-0.2, 0) is 13.1 Å². The number of pyridine rings is 1. The third-order valence-corrected chi connectivity index (χ3v) is 5.36. The van der Waals surface area contributed by atoms with Crippen molar-refractivity contribution in [1.29, 1.82) is 0 Å². The minimum absolute atomic E-state index is 0.277. The highest BCUT2D eigenvalue weighted by atomic mass is 15.2. The van der Waals surface area contributed by atoms with Crippen molar-refractivity contribution in [1.82, 2.24) is 9.88 Å². The van der Waals surface area contributed by atoms with Crippen LogP contribution in [0.2, 0.25) is 0 Å². The maximum atomic E-state index is 6.19. The number of nitrogens with zero attached hydrogens (tertiary/aromatic N) is 2. The zero-order valence-corrected chi connectivity index (χ0v) is 14.5. The molecule has 24 heavy (non-hydrogen) atoms. The molecule has 0 amide bonds. The Morgan fingerprint density at radius 2 is 1.83 bits per heavy atom. The molecule has 0 radical (unpaired) electrons. The number of hydrogen-bond donors (Lipinski definition) is 1. The van der Waals surface area contributed by atoms with Gasteiger partial charge in [-0.1, -0.05) is 44.2 Å². The van der Waals surface area contributed by atoms with Crippen LogP contribution in [0.5, 0.6) is 0 Å². The number of rotatable bonds is 2. The average Bonchev–Trinajstić information content (AvgIpc) is 2.98. The monoisotopic (exact) mass is 319 g/mol. The number of hydrogen-bond acceptors (Lipinski definition) is 3. The number of aromatic nitrogens is 1. The second-order valence-corrected chi connectivity index (χ2v) is 7.94. The highest BCUT2D eigenvalue weighted by Gasteiger charge is 2.34. The topological polar surface area (TPSA) is 42.1 Å². The molecule has 0 fully saturated rings. The molecule has 0 spiro atoms. The molecule has 1 atom stereocenters. The lowest BCUT2D eigenvalue weighted by Gasteiger charge is -2.39. The molecular weight excluding hydrogens is 294 g/mol. The van der Waals surface area contributed by atoms with Crippen LogP contribution < -0.4 is 5.73 Å². The van der Waals surface area contributed by atoms with E-state index < -0.39 is 0 Å². The Kier molecular flexibility index (Phi) is 3.69. The first-order valence-corrected chi connectivity index (χ1v) is 8.73. The Morgan fingerprint density at radius 3 is 2.50 bits per heavy atom. The fraction of sp³-hybridized carbons (Fsp3) is 0.381. The number of nitrogens with two attached hydrogens (primary N) is 1. The van der Waals surface area contributed by atoms with Gasteiger partial charge in [-0.25, -0.2) is 0 Å². The van der Waals surface area contributed by atoms with Crippen molar-refractivity contribution in [3.63, 3.8) is 0 Å². The molecule has 124 valence electrons. The lowest BCUT2D eigenvalue weighted by atomic mass is 9.73. The molecule has 1 aromatic heterocycles. The predicted molar refractivity (Wildman–Crippen MR) is 99.1 cm³/mol. The summed E-state index contributed by atoms with van der Waals surface area (Å²) < 4.78 is 0. The third-order valence-electron chi connectivity index (χ3n) is 5.36. The van der Waals surface area contributed by atoms with Gasteiger partial charge in [0.2, 0.25) is 0 Å². The zero-order chi connectivity index (χ0) is 16.7. The predicted octanol–water partition coefficient (Wildman–Crippen LogP) is 4.25. The minimum atomic E-state index is 0.277. The number of allylic oxidation sites excluding steroid dienone is 1. The van der Waals surface area contributed by atoms with Crippen molar-refractivity contribution in [2.24, 2.45) is 5.41 Å². The van der Waals surface area contributed by atoms with E-state index in [1.165, 1.54) is 23.1 Å². The second kappa shape index (κ2) is 5.75. The van der Waals surface area contributed by atoms with E-state index in [1.54, 1.807) is 6.20 Å². The van der Waals surface area contributed by atoms with E-state index in [4.69, 9.17) is 5.73 Å². The summed E-state index contributed by atoms with van der Waals surface area (Å²) in [6.45, 7) is 6.83. The van der Waals surface area contributed by atoms with Gasteiger partial charge >= 0.3 is 0 Å². The second-order valence-electron chi connectivity index (χ2n) is 7.94. The molecule has 1 unspecified atom stereocenters. The highest BCUT2D eigenvalue weighted by Crippen LogP contribution is 2.43. The molecule has 2 N–H and O–H groups in total. The Morgan fingerprint density at radius 1 is 1.12 bits per heavy atom. The van der Waals surface area contributed by atoms with Gasteiger partial charge in [0.1, 0.15) is 0 Å². The molecule has 3 heteroatoms. The number of nitrogen functional groups attached to an aromatic ring is 1. The molecule has 1 aliphatic carbocycles. The molecule has 2 aromatic rings. The molecule has 0 bridgehead atoms. The number of benzene rings is 1. The summed E-state index contributed by atoms with van der Waals surface area (Å²) in [6.07, 6.45) is 8.31. The maximum absolute atomic E-state index is 6.19. The molecule has 1 aromatic carbocycles. The Bertz CT molecular complexity index is 766. The summed E-state index contributed by atoms with van der Waals surface area (Å²) in [6, 6.07) is 11.3. The van der Waals surface area contributed by atoms with Gasteiger partial charge in [-0.2, -0.15) is 0 Å². The standard InChI is InChI=1S/C21H25N3/c1-21(2)10-17(19-7-8-23-12-20(19)22)9-18(11-21)24-13-15-5-3-4-6-16(15)14-24/h3-9,12,18H,10-11,13-14,22H2,1-2H3. The fourth-order valence-electron chi connectivity index (χ4n) is 4.22. The van der Waals surface area contributed by atoms with Gasteiger partial charge in [0.25, 0.3) is 0 Å². The first-order valence-electron chi connectivity index (χ1n) is 8.73. The molecule has 2 aliphatic rings. The van der Waals surface area contributed by atoms with E-state index in [9.17, 15) is 0 Å². The average molecular weight is 319 g/mol. The van der Waals surface area contributed by atoms with Gasteiger partial charge in [-0.15, -0.1) is 0 Å². The van der Waals surface area contributed by atoms with Crippen LogP contribution >= 0.6 is 0 Å². The Labute approximate surface area is 144 Å². The first-order chi connectivity index (χ1) is 11.5. The summed E-state index contributed by atoms with van der Waals surface area (Å²) in [5.74, 6) is 0. The Balaban J connectivity index is 1.66. The summed E-state index contributed by atoms with van der Waals surface area (Å²) in [7, 11) is 0. The molecule has 0 saturated carbocycles. The van der Waals surface area contributed by atoms with E-state index >= 15 is 0 Å². The van der Waals surface area contributed by atoms with E-state index in [-0.39, 0.29) is 5.41 Å². The van der Waals surface area contributed by atoms with Crippen LogP contribution in [0.25, 0.3) is 5.57 Å². The van der Waals surface area contributed by atoms with Crippen LogP contribution in [-0.4, -0.2) is 15.9 Å². The smallest absolute Gasteiger partial charge is 0.0576 e. The van der Waals surface area contributed by atoms with E-state index in [2.05, 4.69) is 60.1 Å². The van der Waals surface area contributed by atoms with Crippen molar-refractivity contribution >= 4 is 11.3 Å². The lowest BCUT2D eigenvalue weighted by molar-refractivity contribution is 0.166. The van der Waals surface area contributed by atoms with Crippen LogP contribution in [0, 0.1) is 5.41 Å². The quantitative estimate of drug-likeness (QED) is 0.899.